The molecule has 0 N–H and O–H groups in total. The molecule has 0 spiro atoms. The lowest BCUT2D eigenvalue weighted by atomic mass is 9.90. The summed E-state index contributed by atoms with van der Waals surface area (Å²) in [5, 5.41) is 1.96. The summed E-state index contributed by atoms with van der Waals surface area (Å²) in [5.74, 6) is 1.42. The van der Waals surface area contributed by atoms with Crippen LogP contribution in [0.3, 0.4) is 0 Å². The summed E-state index contributed by atoms with van der Waals surface area (Å²) >= 11 is 4.09. The first-order valence-corrected chi connectivity index (χ1v) is 18.2. The second kappa shape index (κ2) is 19.1. The molecule has 12 heteroatoms. The first-order chi connectivity index (χ1) is 24.8. The van der Waals surface area contributed by atoms with Crippen molar-refractivity contribution in [2.45, 2.75) is 6.42 Å². The fourth-order valence-corrected chi connectivity index (χ4v) is 6.20. The standard InChI is InChI=1S/C39H50N4O7S/c1-40(2)29-9-11-33-35(27-29)50-36-28-30(41(3)4)10-12-34(36)38(33)31-7-5-6-8-32(31)39(45)43-16-14-42(15-17-43)37(44)13-18-46-19-20-47-21-22-48-23-24-49-25-26-51/h5-12,27-28H,13-26H2,1-4H3/p+1. The topological polar surface area (TPSA) is 96.9 Å². The smallest absolute Gasteiger partial charge is 0.254 e. The average Bonchev–Trinajstić information content (AvgIpc) is 3.14. The summed E-state index contributed by atoms with van der Waals surface area (Å²) in [4.78, 5) is 32.8. The van der Waals surface area contributed by atoms with Gasteiger partial charge in [0.05, 0.1) is 65.3 Å². The first kappa shape index (κ1) is 38.3. The van der Waals surface area contributed by atoms with E-state index in [4.69, 9.17) is 23.4 Å². The molecular formula is C39H51N4O7S+. The van der Waals surface area contributed by atoms with Crippen molar-refractivity contribution in [3.8, 4) is 22.5 Å². The molecule has 0 aromatic heterocycles. The number of carbonyl (C=O) groups excluding carboxylic acids is 2. The predicted octanol–water partition coefficient (Wildman–Crippen LogP) is 3.97. The van der Waals surface area contributed by atoms with E-state index in [-0.39, 0.29) is 18.2 Å². The highest BCUT2D eigenvalue weighted by Gasteiger charge is 2.28. The third kappa shape index (κ3) is 10.1. The van der Waals surface area contributed by atoms with Crippen molar-refractivity contribution in [3.63, 3.8) is 0 Å². The van der Waals surface area contributed by atoms with Crippen LogP contribution < -0.4 is 14.8 Å². The van der Waals surface area contributed by atoms with Crippen molar-refractivity contribution in [3.05, 3.63) is 71.6 Å². The summed E-state index contributed by atoms with van der Waals surface area (Å²) in [6.07, 6.45) is 0.288. The summed E-state index contributed by atoms with van der Waals surface area (Å²) in [5.41, 5.74) is 5.15. The van der Waals surface area contributed by atoms with Gasteiger partial charge in [-0.15, -0.1) is 0 Å². The number of nitrogens with zero attached hydrogens (tertiary/aromatic N) is 4. The van der Waals surface area contributed by atoms with Gasteiger partial charge in [-0.3, -0.25) is 9.59 Å². The SMILES string of the molecule is CN(C)c1ccc2c(-c3ccccc3C(=O)N3CCN(C(=O)CCOCCOCCOCCOCCS)CC3)c3ccc(=[N+](C)C)cc-3oc2c1. The van der Waals surface area contributed by atoms with Gasteiger partial charge in [0.25, 0.3) is 5.91 Å². The Hall–Kier alpha value is -3.94. The molecule has 11 nitrogen and oxygen atoms in total. The number of piperazine rings is 1. The minimum absolute atomic E-state index is 0.0251. The molecule has 2 amide bonds. The maximum absolute atomic E-state index is 14.2. The normalized spacial score (nSPS) is 13.3. The van der Waals surface area contributed by atoms with Gasteiger partial charge in [-0.05, 0) is 29.8 Å². The molecule has 2 aromatic carbocycles. The Morgan fingerprint density at radius 1 is 0.765 bits per heavy atom. The highest BCUT2D eigenvalue weighted by atomic mass is 32.1. The maximum atomic E-state index is 14.2. The molecule has 2 heterocycles. The third-order valence-corrected chi connectivity index (χ3v) is 9.06. The van der Waals surface area contributed by atoms with Crippen LogP contribution in [0, 0.1) is 0 Å². The largest absolute Gasteiger partial charge is 0.456 e. The number of hydrogen-bond acceptors (Lipinski definition) is 9. The van der Waals surface area contributed by atoms with E-state index >= 15 is 0 Å². The highest BCUT2D eigenvalue weighted by molar-refractivity contribution is 7.80. The minimum Gasteiger partial charge on any atom is -0.456 e. The maximum Gasteiger partial charge on any atom is 0.254 e. The van der Waals surface area contributed by atoms with Gasteiger partial charge in [0.15, 0.2) is 0 Å². The van der Waals surface area contributed by atoms with Crippen LogP contribution in [-0.4, -0.2) is 135 Å². The van der Waals surface area contributed by atoms with Crippen LogP contribution in [0.25, 0.3) is 33.4 Å². The lowest BCUT2D eigenvalue weighted by Crippen LogP contribution is -2.50. The van der Waals surface area contributed by atoms with E-state index in [1.54, 1.807) is 0 Å². The molecule has 0 unspecified atom stereocenters. The van der Waals surface area contributed by atoms with Crippen LogP contribution in [0.4, 0.5) is 5.69 Å². The third-order valence-electron chi connectivity index (χ3n) is 8.88. The van der Waals surface area contributed by atoms with E-state index in [0.717, 1.165) is 44.5 Å². The van der Waals surface area contributed by atoms with Crippen LogP contribution in [0.5, 0.6) is 0 Å². The molecule has 3 aliphatic rings. The van der Waals surface area contributed by atoms with Crippen molar-refractivity contribution in [1.82, 2.24) is 14.4 Å². The first-order valence-electron chi connectivity index (χ1n) is 17.5. The van der Waals surface area contributed by atoms with Gasteiger partial charge >= 0.3 is 0 Å². The molecule has 1 saturated heterocycles. The van der Waals surface area contributed by atoms with Crippen LogP contribution in [0.1, 0.15) is 16.8 Å². The Morgan fingerprint density at radius 3 is 2.04 bits per heavy atom. The van der Waals surface area contributed by atoms with Gasteiger partial charge in [0, 0.05) is 85.9 Å². The van der Waals surface area contributed by atoms with Gasteiger partial charge in [0.1, 0.15) is 25.4 Å². The minimum atomic E-state index is -0.0508. The van der Waals surface area contributed by atoms with Crippen LogP contribution >= 0.6 is 12.6 Å². The zero-order valence-corrected chi connectivity index (χ0v) is 31.2. The Morgan fingerprint density at radius 2 is 1.39 bits per heavy atom. The molecule has 5 rings (SSSR count). The molecule has 1 fully saturated rings. The van der Waals surface area contributed by atoms with E-state index in [9.17, 15) is 9.59 Å². The molecule has 0 radical (unpaired) electrons. The molecule has 0 atom stereocenters. The molecule has 1 aliphatic carbocycles. The van der Waals surface area contributed by atoms with Gasteiger partial charge in [-0.25, -0.2) is 4.58 Å². The van der Waals surface area contributed by atoms with Crippen molar-refractivity contribution >= 4 is 41.1 Å². The van der Waals surface area contributed by atoms with E-state index in [1.165, 1.54) is 0 Å². The number of benzene rings is 3. The number of ether oxygens (including phenoxy) is 4. The molecule has 0 saturated carbocycles. The van der Waals surface area contributed by atoms with E-state index in [2.05, 4.69) is 36.9 Å². The lowest BCUT2D eigenvalue weighted by Gasteiger charge is -2.35. The van der Waals surface area contributed by atoms with Crippen LogP contribution in [0.2, 0.25) is 0 Å². The summed E-state index contributed by atoms with van der Waals surface area (Å²) in [7, 11) is 8.02. The Bertz CT molecular complexity index is 1800. The molecular weight excluding hydrogens is 669 g/mol. The van der Waals surface area contributed by atoms with Gasteiger partial charge in [-0.1, -0.05) is 18.2 Å². The lowest BCUT2D eigenvalue weighted by molar-refractivity contribution is -0.134. The zero-order chi connectivity index (χ0) is 36.2. The van der Waals surface area contributed by atoms with Crippen molar-refractivity contribution in [2.24, 2.45) is 0 Å². The Kier molecular flexibility index (Phi) is 14.3. The number of hydrogen-bond donors (Lipinski definition) is 1. The number of anilines is 1. The molecule has 2 aromatic rings. The van der Waals surface area contributed by atoms with Crippen molar-refractivity contribution in [2.75, 3.05) is 118 Å². The van der Waals surface area contributed by atoms with E-state index < -0.39 is 0 Å². The summed E-state index contributed by atoms with van der Waals surface area (Å²) < 4.78 is 30.4. The number of thiol groups is 1. The van der Waals surface area contributed by atoms with Gasteiger partial charge in [-0.2, -0.15) is 12.6 Å². The highest BCUT2D eigenvalue weighted by Crippen LogP contribution is 2.42. The Labute approximate surface area is 306 Å². The van der Waals surface area contributed by atoms with Crippen LogP contribution in [-0.2, 0) is 23.7 Å². The number of carbonyl (C=O) groups is 2. The fraction of sp³-hybridized carbons (Fsp3) is 0.462. The molecule has 51 heavy (non-hydrogen) atoms. The zero-order valence-electron chi connectivity index (χ0n) is 30.3. The second-order valence-corrected chi connectivity index (χ2v) is 13.2. The number of amides is 2. The van der Waals surface area contributed by atoms with Crippen molar-refractivity contribution < 1.29 is 33.0 Å². The number of rotatable bonds is 17. The van der Waals surface area contributed by atoms with Crippen LogP contribution in [0.15, 0.2) is 65.1 Å². The van der Waals surface area contributed by atoms with Crippen molar-refractivity contribution in [1.29, 1.82) is 0 Å². The average molecular weight is 720 g/mol. The Balaban J connectivity index is 1.19. The molecule has 2 aliphatic heterocycles. The van der Waals surface area contributed by atoms with Gasteiger partial charge in [0.2, 0.25) is 11.3 Å². The molecule has 0 bridgehead atoms. The summed E-state index contributed by atoms with van der Waals surface area (Å²) in [6, 6.07) is 20.2. The fourth-order valence-electron chi connectivity index (χ4n) is 6.07. The van der Waals surface area contributed by atoms with E-state index in [1.807, 2.05) is 83.9 Å². The monoisotopic (exact) mass is 719 g/mol. The quantitative estimate of drug-likeness (QED) is 0.0759. The van der Waals surface area contributed by atoms with E-state index in [0.29, 0.717) is 90.4 Å². The second-order valence-electron chi connectivity index (χ2n) is 12.8. The predicted molar refractivity (Wildman–Crippen MR) is 204 cm³/mol. The molecule has 274 valence electrons. The van der Waals surface area contributed by atoms with Gasteiger partial charge < -0.3 is 38.1 Å². The number of fused-ring (bicyclic) bond motifs is 2. The summed E-state index contributed by atoms with van der Waals surface area (Å²) in [6.45, 7) is 5.72.